The zero-order valence-electron chi connectivity index (χ0n) is 12.0. The van der Waals surface area contributed by atoms with Crippen molar-refractivity contribution in [3.63, 3.8) is 0 Å². The summed E-state index contributed by atoms with van der Waals surface area (Å²) in [5.74, 6) is 0.164. The van der Waals surface area contributed by atoms with E-state index in [2.05, 4.69) is 11.4 Å². The maximum Gasteiger partial charge on any atom is 0.254 e. The fourth-order valence-corrected chi connectivity index (χ4v) is 3.16. The quantitative estimate of drug-likeness (QED) is 0.903. The van der Waals surface area contributed by atoms with Gasteiger partial charge in [0.1, 0.15) is 0 Å². The van der Waals surface area contributed by atoms with Gasteiger partial charge in [-0.3, -0.25) is 4.79 Å². The Morgan fingerprint density at radius 2 is 2.00 bits per heavy atom. The van der Waals surface area contributed by atoms with Crippen molar-refractivity contribution in [3.8, 4) is 0 Å². The highest BCUT2D eigenvalue weighted by Gasteiger charge is 2.36. The van der Waals surface area contributed by atoms with Crippen LogP contribution in [0.5, 0.6) is 0 Å². The van der Waals surface area contributed by atoms with Crippen molar-refractivity contribution in [1.29, 1.82) is 0 Å². The third-order valence-electron chi connectivity index (χ3n) is 4.22. The minimum Gasteiger partial charge on any atom is -0.371 e. The average Bonchev–Trinajstić information content (AvgIpc) is 2.83. The Hall–Kier alpha value is -1.39. The van der Waals surface area contributed by atoms with Gasteiger partial charge >= 0.3 is 0 Å². The third kappa shape index (κ3) is 2.72. The molecule has 1 N–H and O–H groups in total. The van der Waals surface area contributed by atoms with Gasteiger partial charge in [0.25, 0.3) is 5.91 Å². The van der Waals surface area contributed by atoms with Gasteiger partial charge in [-0.15, -0.1) is 0 Å². The van der Waals surface area contributed by atoms with Crippen LogP contribution >= 0.6 is 0 Å². The zero-order valence-corrected chi connectivity index (χ0v) is 12.0. The molecular weight excluding hydrogens is 252 g/mol. The Kier molecular flexibility index (Phi) is 4.03. The maximum atomic E-state index is 12.8. The minimum atomic E-state index is 0.164. The van der Waals surface area contributed by atoms with Crippen molar-refractivity contribution in [2.45, 2.75) is 31.5 Å². The highest BCUT2D eigenvalue weighted by atomic mass is 16.5. The van der Waals surface area contributed by atoms with Crippen molar-refractivity contribution in [3.05, 3.63) is 35.4 Å². The first-order valence-electron chi connectivity index (χ1n) is 7.45. The largest absolute Gasteiger partial charge is 0.371 e. The van der Waals surface area contributed by atoms with Gasteiger partial charge in [-0.2, -0.15) is 0 Å². The van der Waals surface area contributed by atoms with E-state index < -0.39 is 0 Å². The number of benzene rings is 1. The predicted molar refractivity (Wildman–Crippen MR) is 77.9 cm³/mol. The summed E-state index contributed by atoms with van der Waals surface area (Å²) in [4.78, 5) is 14.7. The van der Waals surface area contributed by atoms with Crippen molar-refractivity contribution in [1.82, 2.24) is 10.2 Å². The lowest BCUT2D eigenvalue weighted by molar-refractivity contribution is -0.0303. The Balaban J connectivity index is 1.76. The summed E-state index contributed by atoms with van der Waals surface area (Å²) < 4.78 is 5.80. The summed E-state index contributed by atoms with van der Waals surface area (Å²) in [6, 6.07) is 7.96. The molecule has 1 aromatic rings. The predicted octanol–water partition coefficient (Wildman–Crippen LogP) is 1.45. The van der Waals surface area contributed by atoms with Crippen LogP contribution in [-0.4, -0.2) is 49.7 Å². The molecule has 4 nitrogen and oxygen atoms in total. The Morgan fingerprint density at radius 1 is 1.30 bits per heavy atom. The normalized spacial score (nSPS) is 24.9. The number of likely N-dealkylation sites (N-methyl/N-ethyl adjacent to an activating group) is 1. The van der Waals surface area contributed by atoms with Crippen molar-refractivity contribution in [2.24, 2.45) is 0 Å². The molecule has 108 valence electrons. The zero-order chi connectivity index (χ0) is 13.9. The third-order valence-corrected chi connectivity index (χ3v) is 4.22. The number of fused-ring (bicyclic) bond motifs is 2. The number of amides is 1. The highest BCUT2D eigenvalue weighted by molar-refractivity contribution is 5.95. The van der Waals surface area contributed by atoms with Gasteiger partial charge in [-0.05, 0) is 44.5 Å². The first-order chi connectivity index (χ1) is 9.78. The number of carbonyl (C=O) groups excluding carboxylic acids is 1. The summed E-state index contributed by atoms with van der Waals surface area (Å²) >= 11 is 0. The number of rotatable bonds is 4. The molecule has 2 unspecified atom stereocenters. The van der Waals surface area contributed by atoms with Crippen molar-refractivity contribution < 1.29 is 9.53 Å². The molecule has 20 heavy (non-hydrogen) atoms. The summed E-state index contributed by atoms with van der Waals surface area (Å²) in [5, 5.41) is 3.14. The Bertz CT molecular complexity index is 477. The molecule has 2 aliphatic heterocycles. The molecule has 0 aliphatic carbocycles. The molecule has 1 aromatic carbocycles. The molecule has 2 atom stereocenters. The molecule has 4 heteroatoms. The van der Waals surface area contributed by atoms with Crippen LogP contribution in [0.4, 0.5) is 0 Å². The van der Waals surface area contributed by atoms with Crippen LogP contribution in [0.15, 0.2) is 24.3 Å². The first kappa shape index (κ1) is 13.6. The van der Waals surface area contributed by atoms with Crippen LogP contribution in [0.2, 0.25) is 0 Å². The molecule has 0 saturated carbocycles. The highest BCUT2D eigenvalue weighted by Crippen LogP contribution is 2.27. The molecule has 1 amide bonds. The maximum absolute atomic E-state index is 12.8. The molecule has 2 aliphatic rings. The first-order valence-corrected chi connectivity index (χ1v) is 7.45. The van der Waals surface area contributed by atoms with E-state index in [1.165, 1.54) is 0 Å². The van der Waals surface area contributed by atoms with Gasteiger partial charge in [-0.1, -0.05) is 18.2 Å². The number of hydrogen-bond donors (Lipinski definition) is 1. The molecule has 0 spiro atoms. The fourth-order valence-electron chi connectivity index (χ4n) is 3.16. The number of carbonyl (C=O) groups is 1. The summed E-state index contributed by atoms with van der Waals surface area (Å²) in [6.45, 7) is 2.38. The van der Waals surface area contributed by atoms with Crippen LogP contribution in [0.25, 0.3) is 0 Å². The van der Waals surface area contributed by atoms with E-state index in [9.17, 15) is 4.79 Å². The molecule has 2 bridgehead atoms. The van der Waals surface area contributed by atoms with E-state index in [4.69, 9.17) is 4.74 Å². The second-order valence-corrected chi connectivity index (χ2v) is 5.68. The number of nitrogens with one attached hydrogen (secondary N) is 1. The van der Waals surface area contributed by atoms with Gasteiger partial charge in [0.05, 0.1) is 12.2 Å². The molecular formula is C16H22N2O2. The molecule has 2 heterocycles. The second-order valence-electron chi connectivity index (χ2n) is 5.68. The van der Waals surface area contributed by atoms with Gasteiger partial charge in [0.2, 0.25) is 0 Å². The lowest BCUT2D eigenvalue weighted by Crippen LogP contribution is -2.46. The lowest BCUT2D eigenvalue weighted by Gasteiger charge is -2.32. The average molecular weight is 274 g/mol. The topological polar surface area (TPSA) is 41.6 Å². The Morgan fingerprint density at radius 3 is 2.70 bits per heavy atom. The minimum absolute atomic E-state index is 0.164. The smallest absolute Gasteiger partial charge is 0.254 e. The van der Waals surface area contributed by atoms with E-state index in [0.717, 1.165) is 50.0 Å². The number of hydrogen-bond acceptors (Lipinski definition) is 3. The van der Waals surface area contributed by atoms with E-state index in [1.807, 2.05) is 30.1 Å². The molecule has 2 fully saturated rings. The molecule has 3 rings (SSSR count). The number of likely N-dealkylation sites (tertiary alicyclic amines) is 1. The summed E-state index contributed by atoms with van der Waals surface area (Å²) in [6.07, 6.45) is 3.57. The van der Waals surface area contributed by atoms with E-state index in [1.54, 1.807) is 0 Å². The van der Waals surface area contributed by atoms with Gasteiger partial charge < -0.3 is 15.0 Å². The lowest BCUT2D eigenvalue weighted by atomic mass is 10.0. The van der Waals surface area contributed by atoms with Crippen LogP contribution in [0, 0.1) is 0 Å². The second kappa shape index (κ2) is 5.94. The monoisotopic (exact) mass is 274 g/mol. The summed E-state index contributed by atoms with van der Waals surface area (Å²) in [5.41, 5.74) is 1.98. The number of ether oxygens (including phenoxy) is 1. The SMILES string of the molecule is CNCCc1ccccc1C(=O)N1CC2CCC(C1)O2. The van der Waals surface area contributed by atoms with Crippen LogP contribution in [-0.2, 0) is 11.2 Å². The van der Waals surface area contributed by atoms with Crippen LogP contribution < -0.4 is 5.32 Å². The Labute approximate surface area is 120 Å². The van der Waals surface area contributed by atoms with Gasteiger partial charge in [0, 0.05) is 18.7 Å². The van der Waals surface area contributed by atoms with Crippen LogP contribution in [0.1, 0.15) is 28.8 Å². The van der Waals surface area contributed by atoms with E-state index in [-0.39, 0.29) is 18.1 Å². The van der Waals surface area contributed by atoms with Gasteiger partial charge in [0.15, 0.2) is 0 Å². The van der Waals surface area contributed by atoms with Crippen molar-refractivity contribution >= 4 is 5.91 Å². The van der Waals surface area contributed by atoms with Gasteiger partial charge in [-0.25, -0.2) is 0 Å². The molecule has 2 saturated heterocycles. The van der Waals surface area contributed by atoms with Crippen molar-refractivity contribution in [2.75, 3.05) is 26.7 Å². The standard InChI is InChI=1S/C16H22N2O2/c1-17-9-8-12-4-2-3-5-15(12)16(19)18-10-13-6-7-14(11-18)20-13/h2-5,13-14,17H,6-11H2,1H3. The molecule has 0 radical (unpaired) electrons. The van der Waals surface area contributed by atoms with Crippen LogP contribution in [0.3, 0.4) is 0 Å². The number of nitrogens with zero attached hydrogens (tertiary/aromatic N) is 1. The van der Waals surface area contributed by atoms with E-state index >= 15 is 0 Å². The molecule has 0 aromatic heterocycles. The summed E-state index contributed by atoms with van der Waals surface area (Å²) in [7, 11) is 1.93. The van der Waals surface area contributed by atoms with E-state index in [0.29, 0.717) is 0 Å². The fraction of sp³-hybridized carbons (Fsp3) is 0.562. The number of morpholine rings is 1.